The Bertz CT molecular complexity index is 1330. The van der Waals surface area contributed by atoms with E-state index < -0.39 is 35.6 Å². The molecule has 0 bridgehead atoms. The van der Waals surface area contributed by atoms with E-state index in [1.807, 2.05) is 0 Å². The van der Waals surface area contributed by atoms with E-state index in [0.717, 1.165) is 0 Å². The molecular formula is C22H18N8O9. The van der Waals surface area contributed by atoms with Crippen molar-refractivity contribution in [2.75, 3.05) is 0 Å². The Morgan fingerprint density at radius 1 is 0.718 bits per heavy atom. The zero-order valence-corrected chi connectivity index (χ0v) is 19.8. The van der Waals surface area contributed by atoms with Crippen LogP contribution in [0, 0.1) is 0 Å². The largest absolute Gasteiger partial charge is 0.478 e. The molecule has 4 amide bonds. The minimum Gasteiger partial charge on any atom is -0.478 e. The van der Waals surface area contributed by atoms with Crippen molar-refractivity contribution >= 4 is 46.9 Å². The van der Waals surface area contributed by atoms with Crippen molar-refractivity contribution in [2.45, 2.75) is 25.7 Å². The van der Waals surface area contributed by atoms with Crippen molar-refractivity contribution in [1.82, 2.24) is 10.1 Å². The van der Waals surface area contributed by atoms with Crippen molar-refractivity contribution in [2.24, 2.45) is 10.2 Å². The van der Waals surface area contributed by atoms with Crippen LogP contribution in [0.5, 0.6) is 0 Å². The first-order chi connectivity index (χ1) is 18.6. The standard InChI is InChI=1S/C11H8N4O4.C7H5N3O2.C4H5NO3/c12-14-13-8-3-1-7(2-4-8)11(18)19-15-9(16)5-6-10(15)17;8-10-9-6-3-1-5(2-4-6)7(11)12;6-3-1-2-4(7)5(3)8/h1-4H,5-6H2;1-4H,(H,11,12);8H,1-2H2. The summed E-state index contributed by atoms with van der Waals surface area (Å²) in [6, 6.07) is 11.2. The molecule has 39 heavy (non-hydrogen) atoms. The average Bonchev–Trinajstić information content (AvgIpc) is 3.40. The number of nitrogens with zero attached hydrogens (tertiary/aromatic N) is 8. The van der Waals surface area contributed by atoms with Crippen LogP contribution in [0.1, 0.15) is 46.4 Å². The molecule has 0 unspecified atom stereocenters. The van der Waals surface area contributed by atoms with Gasteiger partial charge >= 0.3 is 11.9 Å². The highest BCUT2D eigenvalue weighted by Gasteiger charge is 2.33. The number of imide groups is 2. The highest BCUT2D eigenvalue weighted by atomic mass is 16.7. The molecule has 2 aliphatic heterocycles. The molecule has 0 radical (unpaired) electrons. The van der Waals surface area contributed by atoms with Crippen molar-refractivity contribution in [3.63, 3.8) is 0 Å². The maximum atomic E-state index is 11.7. The van der Waals surface area contributed by atoms with E-state index in [0.29, 0.717) is 16.4 Å². The number of aromatic carboxylic acids is 1. The van der Waals surface area contributed by atoms with Gasteiger partial charge in [-0.05, 0) is 35.3 Å². The summed E-state index contributed by atoms with van der Waals surface area (Å²) in [5, 5.41) is 24.2. The van der Waals surface area contributed by atoms with Crippen LogP contribution in [0.4, 0.5) is 11.4 Å². The zero-order valence-electron chi connectivity index (χ0n) is 19.8. The Balaban J connectivity index is 0.000000227. The number of carboxylic acid groups (broad SMARTS) is 1. The lowest BCUT2D eigenvalue weighted by Crippen LogP contribution is -2.32. The number of azide groups is 2. The molecule has 2 N–H and O–H groups in total. The first kappa shape index (κ1) is 29.5. The van der Waals surface area contributed by atoms with Crippen LogP contribution < -0.4 is 0 Å². The van der Waals surface area contributed by atoms with Gasteiger partial charge in [-0.2, -0.15) is 5.06 Å². The summed E-state index contributed by atoms with van der Waals surface area (Å²) in [6.07, 6.45) is 0.383. The van der Waals surface area contributed by atoms with Gasteiger partial charge in [0.15, 0.2) is 0 Å². The summed E-state index contributed by atoms with van der Waals surface area (Å²) in [6.45, 7) is 0. The number of amides is 4. The van der Waals surface area contributed by atoms with Gasteiger partial charge < -0.3 is 9.94 Å². The van der Waals surface area contributed by atoms with Crippen molar-refractivity contribution in [3.05, 3.63) is 80.5 Å². The van der Waals surface area contributed by atoms with Gasteiger partial charge in [-0.25, -0.2) is 9.59 Å². The summed E-state index contributed by atoms with van der Waals surface area (Å²) in [4.78, 5) is 74.9. The molecule has 0 aromatic heterocycles. The van der Waals surface area contributed by atoms with Gasteiger partial charge in [-0.1, -0.05) is 34.5 Å². The van der Waals surface area contributed by atoms with E-state index in [-0.39, 0.29) is 41.9 Å². The molecule has 0 aliphatic carbocycles. The molecule has 2 aliphatic rings. The molecule has 2 aromatic carbocycles. The highest BCUT2D eigenvalue weighted by Crippen LogP contribution is 2.17. The Kier molecular flexibility index (Phi) is 10.7. The van der Waals surface area contributed by atoms with Gasteiger partial charge in [0.1, 0.15) is 0 Å². The molecule has 4 rings (SSSR count). The molecule has 0 atom stereocenters. The number of carbonyl (C=O) groups is 6. The minimum absolute atomic E-state index is 0.0436. The number of carboxylic acids is 1. The lowest BCUT2D eigenvalue weighted by atomic mass is 10.2. The molecule has 17 heteroatoms. The summed E-state index contributed by atoms with van der Waals surface area (Å²) in [5.74, 6) is -3.91. The monoisotopic (exact) mass is 538 g/mol. The van der Waals surface area contributed by atoms with Gasteiger partial charge in [0.05, 0.1) is 11.1 Å². The molecule has 0 saturated carbocycles. The van der Waals surface area contributed by atoms with Gasteiger partial charge in [-0.15, -0.1) is 5.06 Å². The molecule has 2 heterocycles. The summed E-state index contributed by atoms with van der Waals surface area (Å²) in [7, 11) is 0. The second-order valence-electron chi connectivity index (χ2n) is 7.34. The van der Waals surface area contributed by atoms with Gasteiger partial charge in [-0.3, -0.25) is 24.4 Å². The van der Waals surface area contributed by atoms with Gasteiger partial charge in [0.2, 0.25) is 0 Å². The molecule has 200 valence electrons. The third-order valence-electron chi connectivity index (χ3n) is 4.74. The molecule has 2 saturated heterocycles. The highest BCUT2D eigenvalue weighted by molar-refractivity contribution is 6.03. The molecule has 0 spiro atoms. The van der Waals surface area contributed by atoms with Gasteiger partial charge in [0, 0.05) is 46.9 Å². The number of rotatable bonds is 5. The fourth-order valence-electron chi connectivity index (χ4n) is 2.80. The van der Waals surface area contributed by atoms with E-state index >= 15 is 0 Å². The van der Waals surface area contributed by atoms with E-state index in [1.165, 1.54) is 48.5 Å². The maximum Gasteiger partial charge on any atom is 0.363 e. The first-order valence-electron chi connectivity index (χ1n) is 10.7. The molecule has 2 fully saturated rings. The number of hydrogen-bond donors (Lipinski definition) is 2. The Morgan fingerprint density at radius 3 is 1.44 bits per heavy atom. The van der Waals surface area contributed by atoms with Crippen LogP contribution in [-0.4, -0.2) is 56.0 Å². The van der Waals surface area contributed by atoms with Crippen molar-refractivity contribution < 1.29 is 43.9 Å². The van der Waals surface area contributed by atoms with Crippen LogP contribution in [0.15, 0.2) is 58.8 Å². The van der Waals surface area contributed by atoms with Crippen LogP contribution in [0.3, 0.4) is 0 Å². The SMILES string of the molecule is O=C1CCC(=O)N1O.[N-]=[N+]=Nc1ccc(C(=O)O)cc1.[N-]=[N+]=Nc1ccc(C(=O)ON2C(=O)CCC2=O)cc1. The minimum atomic E-state index is -0.998. The third kappa shape index (κ3) is 8.69. The Labute approximate surface area is 218 Å². The fraction of sp³-hybridized carbons (Fsp3) is 0.182. The van der Waals surface area contributed by atoms with Gasteiger partial charge in [0.25, 0.3) is 23.6 Å². The van der Waals surface area contributed by atoms with E-state index in [1.54, 1.807) is 0 Å². The summed E-state index contributed by atoms with van der Waals surface area (Å²) >= 11 is 0. The molecule has 2 aromatic rings. The van der Waals surface area contributed by atoms with Crippen LogP contribution in [-0.2, 0) is 24.0 Å². The second-order valence-corrected chi connectivity index (χ2v) is 7.34. The van der Waals surface area contributed by atoms with E-state index in [2.05, 4.69) is 20.1 Å². The number of benzene rings is 2. The van der Waals surface area contributed by atoms with Crippen molar-refractivity contribution in [1.29, 1.82) is 0 Å². The van der Waals surface area contributed by atoms with E-state index in [9.17, 15) is 28.8 Å². The summed E-state index contributed by atoms with van der Waals surface area (Å²) in [5.41, 5.74) is 17.3. The van der Waals surface area contributed by atoms with Crippen molar-refractivity contribution in [3.8, 4) is 0 Å². The molecular weight excluding hydrogens is 520 g/mol. The van der Waals surface area contributed by atoms with Crippen LogP contribution >= 0.6 is 0 Å². The third-order valence-corrected chi connectivity index (χ3v) is 4.74. The average molecular weight is 538 g/mol. The fourth-order valence-corrected chi connectivity index (χ4v) is 2.80. The number of carbonyl (C=O) groups excluding carboxylic acids is 5. The topological polar surface area (TPSA) is 256 Å². The Hall–Kier alpha value is -5.76. The number of hydroxylamine groups is 4. The normalized spacial score (nSPS) is 13.8. The van der Waals surface area contributed by atoms with Crippen LogP contribution in [0.2, 0.25) is 0 Å². The first-order valence-corrected chi connectivity index (χ1v) is 10.7. The lowest BCUT2D eigenvalue weighted by molar-refractivity contribution is -0.173. The Morgan fingerprint density at radius 2 is 1.10 bits per heavy atom. The predicted molar refractivity (Wildman–Crippen MR) is 127 cm³/mol. The summed E-state index contributed by atoms with van der Waals surface area (Å²) < 4.78 is 0. The second kappa shape index (κ2) is 14.1. The molecule has 17 nitrogen and oxygen atoms in total. The van der Waals surface area contributed by atoms with Crippen LogP contribution in [0.25, 0.3) is 20.9 Å². The lowest BCUT2D eigenvalue weighted by Gasteiger charge is -2.12. The zero-order chi connectivity index (χ0) is 28.9. The quantitative estimate of drug-likeness (QED) is 0.184. The predicted octanol–water partition coefficient (Wildman–Crippen LogP) is 3.70. The maximum absolute atomic E-state index is 11.7. The number of hydrogen-bond acceptors (Lipinski definition) is 10. The van der Waals surface area contributed by atoms with E-state index in [4.69, 9.17) is 26.2 Å². The smallest absolute Gasteiger partial charge is 0.363 e.